The Morgan fingerprint density at radius 3 is 1.17 bits per heavy atom. The quantitative estimate of drug-likeness (QED) is 0.408. The standard InChI is InChI=1S/2C12H10O3/c2*13-7-8-5-6-11(12(14)15)10-4-2-1-3-9(8)10/h2*1-6,13H,7H2,(H,14,15). The predicted octanol–water partition coefficient (Wildman–Crippen LogP) is 4.06. The Labute approximate surface area is 172 Å². The van der Waals surface area contributed by atoms with Crippen LogP contribution >= 0.6 is 0 Å². The molecule has 152 valence electrons. The Kier molecular flexibility index (Phi) is 6.41. The van der Waals surface area contributed by atoms with Crippen LogP contribution in [0.4, 0.5) is 0 Å². The van der Waals surface area contributed by atoms with Crippen molar-refractivity contribution in [3.8, 4) is 0 Å². The summed E-state index contributed by atoms with van der Waals surface area (Å²) in [6.45, 7) is -0.166. The topological polar surface area (TPSA) is 115 Å². The van der Waals surface area contributed by atoms with Gasteiger partial charge in [0.05, 0.1) is 24.3 Å². The van der Waals surface area contributed by atoms with Crippen LogP contribution in [-0.2, 0) is 13.2 Å². The lowest BCUT2D eigenvalue weighted by Gasteiger charge is -2.06. The Balaban J connectivity index is 0.000000171. The fourth-order valence-electron chi connectivity index (χ4n) is 3.37. The number of carbonyl (C=O) groups is 2. The zero-order valence-electron chi connectivity index (χ0n) is 15.9. The summed E-state index contributed by atoms with van der Waals surface area (Å²) in [7, 11) is 0. The summed E-state index contributed by atoms with van der Waals surface area (Å²) >= 11 is 0. The number of carboxylic acids is 2. The maximum Gasteiger partial charge on any atom is 0.336 e. The van der Waals surface area contributed by atoms with Crippen molar-refractivity contribution in [1.82, 2.24) is 0 Å². The molecule has 4 N–H and O–H groups in total. The number of aliphatic hydroxyl groups excluding tert-OH is 2. The first kappa shape index (κ1) is 21.0. The summed E-state index contributed by atoms with van der Waals surface area (Å²) in [5, 5.41) is 39.1. The molecule has 4 aromatic carbocycles. The van der Waals surface area contributed by atoms with Crippen molar-refractivity contribution < 1.29 is 30.0 Å². The highest BCUT2D eigenvalue weighted by Gasteiger charge is 2.10. The number of carboxylic acid groups (broad SMARTS) is 2. The number of benzene rings is 4. The summed E-state index contributed by atoms with van der Waals surface area (Å²) in [4.78, 5) is 21.9. The molecule has 0 aliphatic heterocycles. The maximum absolute atomic E-state index is 11.0. The normalized spacial score (nSPS) is 10.5. The van der Waals surface area contributed by atoms with E-state index in [9.17, 15) is 9.59 Å². The number of hydrogen-bond donors (Lipinski definition) is 4. The smallest absolute Gasteiger partial charge is 0.336 e. The lowest BCUT2D eigenvalue weighted by molar-refractivity contribution is 0.0688. The van der Waals surface area contributed by atoms with Gasteiger partial charge in [0.15, 0.2) is 0 Å². The fraction of sp³-hybridized carbons (Fsp3) is 0.0833. The van der Waals surface area contributed by atoms with Gasteiger partial charge in [-0.1, -0.05) is 60.7 Å². The average Bonchev–Trinajstić information content (AvgIpc) is 2.77. The predicted molar refractivity (Wildman–Crippen MR) is 114 cm³/mol. The molecular weight excluding hydrogens is 384 g/mol. The molecule has 0 unspecified atom stereocenters. The van der Waals surface area contributed by atoms with E-state index in [2.05, 4.69) is 0 Å². The minimum Gasteiger partial charge on any atom is -0.478 e. The first-order chi connectivity index (χ1) is 14.5. The van der Waals surface area contributed by atoms with E-state index in [1.54, 1.807) is 36.4 Å². The zero-order chi connectivity index (χ0) is 21.7. The third kappa shape index (κ3) is 4.15. The van der Waals surface area contributed by atoms with Gasteiger partial charge < -0.3 is 20.4 Å². The Hall–Kier alpha value is -3.74. The van der Waals surface area contributed by atoms with Crippen LogP contribution in [0.25, 0.3) is 21.5 Å². The first-order valence-electron chi connectivity index (χ1n) is 9.17. The largest absolute Gasteiger partial charge is 0.478 e. The van der Waals surface area contributed by atoms with Gasteiger partial charge in [0.25, 0.3) is 0 Å². The van der Waals surface area contributed by atoms with Crippen LogP contribution in [-0.4, -0.2) is 32.4 Å². The molecule has 6 nitrogen and oxygen atoms in total. The van der Waals surface area contributed by atoms with Crippen LogP contribution < -0.4 is 0 Å². The number of aliphatic hydroxyl groups is 2. The van der Waals surface area contributed by atoms with E-state index in [1.807, 2.05) is 24.3 Å². The van der Waals surface area contributed by atoms with Crippen molar-refractivity contribution in [2.45, 2.75) is 13.2 Å². The third-order valence-corrected chi connectivity index (χ3v) is 4.83. The molecule has 0 aliphatic rings. The van der Waals surface area contributed by atoms with Crippen LogP contribution in [0.1, 0.15) is 31.8 Å². The molecule has 0 amide bonds. The molecule has 0 spiro atoms. The molecule has 4 rings (SSSR count). The molecule has 0 radical (unpaired) electrons. The third-order valence-electron chi connectivity index (χ3n) is 4.83. The van der Waals surface area contributed by atoms with Gasteiger partial charge in [-0.15, -0.1) is 0 Å². The van der Waals surface area contributed by atoms with Gasteiger partial charge in [-0.2, -0.15) is 0 Å². The van der Waals surface area contributed by atoms with E-state index in [4.69, 9.17) is 20.4 Å². The van der Waals surface area contributed by atoms with Crippen molar-refractivity contribution in [2.24, 2.45) is 0 Å². The van der Waals surface area contributed by atoms with Gasteiger partial charge in [-0.05, 0) is 44.8 Å². The monoisotopic (exact) mass is 404 g/mol. The molecule has 30 heavy (non-hydrogen) atoms. The summed E-state index contributed by atoms with van der Waals surface area (Å²) in [5.41, 5.74) is 2.02. The van der Waals surface area contributed by atoms with E-state index < -0.39 is 11.9 Å². The summed E-state index contributed by atoms with van der Waals surface area (Å²) in [5.74, 6) is -1.90. The molecule has 0 saturated carbocycles. The lowest BCUT2D eigenvalue weighted by Crippen LogP contribution is -1.99. The zero-order valence-corrected chi connectivity index (χ0v) is 15.9. The minimum absolute atomic E-state index is 0.0829. The molecule has 6 heteroatoms. The average molecular weight is 404 g/mol. The molecule has 0 saturated heterocycles. The fourth-order valence-corrected chi connectivity index (χ4v) is 3.37. The molecule has 0 heterocycles. The van der Waals surface area contributed by atoms with Crippen LogP contribution in [0.2, 0.25) is 0 Å². The van der Waals surface area contributed by atoms with Gasteiger partial charge in [-0.25, -0.2) is 9.59 Å². The lowest BCUT2D eigenvalue weighted by atomic mass is 10.00. The van der Waals surface area contributed by atoms with Gasteiger partial charge in [0, 0.05) is 0 Å². The molecule has 0 fully saturated rings. The summed E-state index contributed by atoms with van der Waals surface area (Å²) in [6, 6.07) is 20.7. The number of aromatic carboxylic acids is 2. The molecule has 4 aromatic rings. The van der Waals surface area contributed by atoms with Crippen LogP contribution in [0.3, 0.4) is 0 Å². The van der Waals surface area contributed by atoms with E-state index in [-0.39, 0.29) is 24.3 Å². The molecule has 0 aliphatic carbocycles. The van der Waals surface area contributed by atoms with E-state index in [0.29, 0.717) is 10.8 Å². The van der Waals surface area contributed by atoms with Crippen LogP contribution in [0.15, 0.2) is 72.8 Å². The van der Waals surface area contributed by atoms with Crippen molar-refractivity contribution in [2.75, 3.05) is 0 Å². The summed E-state index contributed by atoms with van der Waals surface area (Å²) in [6.07, 6.45) is 0. The second kappa shape index (κ2) is 9.17. The second-order valence-corrected chi connectivity index (χ2v) is 6.56. The Bertz CT molecular complexity index is 1130. The van der Waals surface area contributed by atoms with E-state index in [0.717, 1.165) is 21.9 Å². The van der Waals surface area contributed by atoms with Crippen molar-refractivity contribution >= 4 is 33.5 Å². The van der Waals surface area contributed by atoms with Gasteiger partial charge in [0.1, 0.15) is 0 Å². The van der Waals surface area contributed by atoms with Gasteiger partial charge in [0.2, 0.25) is 0 Å². The highest BCUT2D eigenvalue weighted by Crippen LogP contribution is 2.24. The van der Waals surface area contributed by atoms with E-state index in [1.165, 1.54) is 12.1 Å². The molecule has 0 bridgehead atoms. The van der Waals surface area contributed by atoms with Gasteiger partial charge in [-0.3, -0.25) is 0 Å². The molecule has 0 atom stereocenters. The van der Waals surface area contributed by atoms with Crippen LogP contribution in [0.5, 0.6) is 0 Å². The van der Waals surface area contributed by atoms with Crippen molar-refractivity contribution in [1.29, 1.82) is 0 Å². The Morgan fingerprint density at radius 2 is 0.867 bits per heavy atom. The summed E-state index contributed by atoms with van der Waals surface area (Å²) < 4.78 is 0. The van der Waals surface area contributed by atoms with Crippen molar-refractivity contribution in [3.05, 3.63) is 95.1 Å². The number of rotatable bonds is 4. The van der Waals surface area contributed by atoms with Crippen LogP contribution in [0, 0.1) is 0 Å². The maximum atomic E-state index is 11.0. The van der Waals surface area contributed by atoms with Crippen molar-refractivity contribution in [3.63, 3.8) is 0 Å². The first-order valence-corrected chi connectivity index (χ1v) is 9.17. The highest BCUT2D eigenvalue weighted by molar-refractivity contribution is 6.05. The van der Waals surface area contributed by atoms with E-state index >= 15 is 0 Å². The SMILES string of the molecule is O=C(O)c1ccc(CO)c2ccccc12.O=C(O)c1ccc(CO)c2ccccc12. The number of fused-ring (bicyclic) bond motifs is 2. The van der Waals surface area contributed by atoms with Gasteiger partial charge >= 0.3 is 11.9 Å². The Morgan fingerprint density at radius 1 is 0.533 bits per heavy atom. The molecule has 0 aromatic heterocycles. The highest BCUT2D eigenvalue weighted by atomic mass is 16.4. The number of hydrogen-bond acceptors (Lipinski definition) is 4. The second-order valence-electron chi connectivity index (χ2n) is 6.56. The minimum atomic E-state index is -0.948. The molecular formula is C24H20O6.